The van der Waals surface area contributed by atoms with Crippen molar-refractivity contribution in [3.8, 4) is 33.9 Å². The Bertz CT molecular complexity index is 1390. The van der Waals surface area contributed by atoms with Gasteiger partial charge in [0.25, 0.3) is 6.20 Å². The number of aryl methyl sites for hydroxylation is 1. The maximum absolute atomic E-state index is 6.18. The van der Waals surface area contributed by atoms with Crippen molar-refractivity contribution in [3.05, 3.63) is 109 Å². The summed E-state index contributed by atoms with van der Waals surface area (Å²) in [6.07, 6.45) is 5.77. The van der Waals surface area contributed by atoms with E-state index >= 15 is 0 Å². The van der Waals surface area contributed by atoms with Gasteiger partial charge in [0.05, 0.1) is 11.8 Å². The molecule has 4 nitrogen and oxygen atoms in total. The van der Waals surface area contributed by atoms with Crippen molar-refractivity contribution in [2.24, 2.45) is 0 Å². The Labute approximate surface area is 187 Å². The van der Waals surface area contributed by atoms with Crippen molar-refractivity contribution < 1.29 is 13.9 Å². The van der Waals surface area contributed by atoms with E-state index in [-0.39, 0.29) is 0 Å². The number of nitrogens with zero attached hydrogens (tertiary/aromatic N) is 3. The Balaban J connectivity index is 1.41. The van der Waals surface area contributed by atoms with E-state index in [9.17, 15) is 0 Å². The average Bonchev–Trinajstić information content (AvgIpc) is 3.26. The van der Waals surface area contributed by atoms with Gasteiger partial charge in [-0.1, -0.05) is 57.2 Å². The highest BCUT2D eigenvalue weighted by atomic mass is 16.5. The molecular formula is C28H23N3O+2. The van der Waals surface area contributed by atoms with E-state index in [1.165, 1.54) is 11.1 Å². The molecule has 1 aliphatic rings. The largest absolute Gasteiger partial charge is 0.495 e. The van der Waals surface area contributed by atoms with Crippen molar-refractivity contribution in [2.75, 3.05) is 7.05 Å². The van der Waals surface area contributed by atoms with Gasteiger partial charge >= 0.3 is 6.01 Å². The molecule has 4 heteroatoms. The summed E-state index contributed by atoms with van der Waals surface area (Å²) in [5.74, 6) is 1.54. The fourth-order valence-corrected chi connectivity index (χ4v) is 3.61. The van der Waals surface area contributed by atoms with E-state index < -0.39 is 0 Å². The minimum absolute atomic E-state index is 0.768. The molecule has 0 saturated carbocycles. The molecule has 0 aliphatic carbocycles. The Morgan fingerprint density at radius 2 is 1.53 bits per heavy atom. The summed E-state index contributed by atoms with van der Waals surface area (Å²) in [7, 11) is 1.95. The summed E-state index contributed by atoms with van der Waals surface area (Å²) in [4.78, 5) is 4.59. The fourth-order valence-electron chi connectivity index (χ4n) is 3.61. The molecule has 0 radical (unpaired) electrons. The summed E-state index contributed by atoms with van der Waals surface area (Å²) in [5, 5.41) is 0. The predicted octanol–water partition coefficient (Wildman–Crippen LogP) is 6.46. The van der Waals surface area contributed by atoms with Crippen molar-refractivity contribution in [3.63, 3.8) is 0 Å². The highest BCUT2D eigenvalue weighted by Gasteiger charge is 2.16. The number of rotatable bonds is 5. The van der Waals surface area contributed by atoms with E-state index in [1.807, 2.05) is 83.3 Å². The van der Waals surface area contributed by atoms with Crippen LogP contribution in [0.15, 0.2) is 104 Å². The molecule has 0 bridgehead atoms. The maximum Gasteiger partial charge on any atom is 0.495 e. The van der Waals surface area contributed by atoms with Crippen LogP contribution < -0.4 is 4.74 Å². The molecule has 154 valence electrons. The molecule has 4 aromatic rings. The number of pyridine rings is 1. The van der Waals surface area contributed by atoms with E-state index in [0.717, 1.165) is 34.0 Å². The van der Waals surface area contributed by atoms with Gasteiger partial charge in [-0.15, -0.1) is 0 Å². The molecule has 0 spiro atoms. The molecule has 0 saturated heterocycles. The topological polar surface area (TPSA) is 28.1 Å². The Kier molecular flexibility index (Phi) is 5.20. The summed E-state index contributed by atoms with van der Waals surface area (Å²) in [6.45, 7) is 2.10. The average molecular weight is 418 g/mol. The summed E-state index contributed by atoms with van der Waals surface area (Å²) in [5.41, 5.74) is 6.49. The second kappa shape index (κ2) is 8.46. The third-order valence-electron chi connectivity index (χ3n) is 5.31. The van der Waals surface area contributed by atoms with Gasteiger partial charge in [0.2, 0.25) is 11.9 Å². The summed E-state index contributed by atoms with van der Waals surface area (Å²) < 4.78 is 9.99. The minimum Gasteiger partial charge on any atom is -0.457 e. The lowest BCUT2D eigenvalue weighted by atomic mass is 10.0. The van der Waals surface area contributed by atoms with Gasteiger partial charge in [0.15, 0.2) is 7.05 Å². The quantitative estimate of drug-likeness (QED) is 0.349. The van der Waals surface area contributed by atoms with Gasteiger partial charge in [-0.3, -0.25) is 4.98 Å². The summed E-state index contributed by atoms with van der Waals surface area (Å²) >= 11 is 0. The van der Waals surface area contributed by atoms with Gasteiger partial charge in [0, 0.05) is 17.8 Å². The number of hydrogen-bond acceptors (Lipinski definition) is 2. The first kappa shape index (κ1) is 19.7. The molecular weight excluding hydrogens is 394 g/mol. The minimum atomic E-state index is 0.768. The molecule has 0 unspecified atom stereocenters. The van der Waals surface area contributed by atoms with Crippen LogP contribution in [0.4, 0.5) is 5.69 Å². The van der Waals surface area contributed by atoms with Crippen LogP contribution in [0.5, 0.6) is 11.5 Å². The van der Waals surface area contributed by atoms with Crippen molar-refractivity contribution in [1.82, 2.24) is 4.98 Å². The molecule has 0 atom stereocenters. The van der Waals surface area contributed by atoms with Crippen LogP contribution in [0.3, 0.4) is 0 Å². The number of benzene rings is 3. The number of ether oxygens (including phenoxy) is 1. The van der Waals surface area contributed by atoms with Crippen LogP contribution in [-0.2, 0) is 0 Å². The van der Waals surface area contributed by atoms with Crippen molar-refractivity contribution in [2.45, 2.75) is 6.92 Å². The summed E-state index contributed by atoms with van der Waals surface area (Å²) in [6, 6.07) is 31.9. The zero-order chi connectivity index (χ0) is 21.9. The molecule has 1 aliphatic heterocycles. The molecule has 0 fully saturated rings. The lowest BCUT2D eigenvalue weighted by Crippen LogP contribution is -1.94. The van der Waals surface area contributed by atoms with Crippen molar-refractivity contribution in [1.29, 1.82) is 0 Å². The molecule has 32 heavy (non-hydrogen) atoms. The van der Waals surface area contributed by atoms with Crippen LogP contribution in [0.25, 0.3) is 22.4 Å². The monoisotopic (exact) mass is 417 g/mol. The highest BCUT2D eigenvalue weighted by molar-refractivity contribution is 5.71. The molecule has 1 aromatic heterocycles. The van der Waals surface area contributed by atoms with Crippen LogP contribution in [-0.4, -0.2) is 27.2 Å². The van der Waals surface area contributed by atoms with Crippen molar-refractivity contribution >= 4 is 11.7 Å². The van der Waals surface area contributed by atoms with Crippen LogP contribution in [0, 0.1) is 6.92 Å². The van der Waals surface area contributed by atoms with Gasteiger partial charge in [0.1, 0.15) is 11.5 Å². The zero-order valence-electron chi connectivity index (χ0n) is 18.1. The second-order valence-electron chi connectivity index (χ2n) is 7.80. The molecule has 0 N–H and O–H groups in total. The third-order valence-corrected chi connectivity index (χ3v) is 5.31. The standard InChI is InChI=1S/C28H23N3O/c1-21-9-11-22(12-10-21)23-13-14-29-28(18-23)24-5-3-7-26(17-24)32-27-8-4-6-25(19-27)31-16-15-30(2)20-31/h3-19H,1-2H3/q+2. The van der Waals surface area contributed by atoms with Gasteiger partial charge in [-0.25, -0.2) is 0 Å². The fraction of sp³-hybridized carbons (Fsp3) is 0.0714. The van der Waals surface area contributed by atoms with Gasteiger partial charge in [-0.05, 0) is 48.4 Å². The van der Waals surface area contributed by atoms with Gasteiger partial charge in [-0.2, -0.15) is 0 Å². The lowest BCUT2D eigenvalue weighted by Gasteiger charge is -2.09. The van der Waals surface area contributed by atoms with E-state index in [2.05, 4.69) is 54.3 Å². The molecule has 3 aromatic carbocycles. The van der Waals surface area contributed by atoms with E-state index in [0.29, 0.717) is 0 Å². The predicted molar refractivity (Wildman–Crippen MR) is 127 cm³/mol. The lowest BCUT2D eigenvalue weighted by molar-refractivity contribution is -0.429. The first-order chi connectivity index (χ1) is 15.6. The first-order valence-electron chi connectivity index (χ1n) is 10.5. The van der Waals surface area contributed by atoms with E-state index in [4.69, 9.17) is 4.74 Å². The van der Waals surface area contributed by atoms with E-state index in [1.54, 1.807) is 0 Å². The third kappa shape index (κ3) is 4.27. The Hall–Kier alpha value is -4.27. The molecule has 2 heterocycles. The molecule has 5 rings (SSSR count). The second-order valence-corrected chi connectivity index (χ2v) is 7.80. The number of hydrogen-bond donors (Lipinski definition) is 0. The SMILES string of the molecule is Cc1ccc(-c2ccnc(-c3cccc(Oc4cccc([N+]5=C=[N+](C)C=C5)c4)c3)c2)cc1. The maximum atomic E-state index is 6.18. The number of aromatic nitrogens is 1. The Morgan fingerprint density at radius 1 is 0.750 bits per heavy atom. The Morgan fingerprint density at radius 3 is 2.31 bits per heavy atom. The molecule has 0 amide bonds. The first-order valence-corrected chi connectivity index (χ1v) is 10.5. The normalized spacial score (nSPS) is 12.4. The smallest absolute Gasteiger partial charge is 0.457 e. The van der Waals surface area contributed by atoms with Crippen LogP contribution in [0.1, 0.15) is 5.56 Å². The zero-order valence-corrected chi connectivity index (χ0v) is 18.1. The van der Waals surface area contributed by atoms with Gasteiger partial charge < -0.3 is 4.74 Å². The van der Waals surface area contributed by atoms with Crippen LogP contribution >= 0.6 is 0 Å². The highest BCUT2D eigenvalue weighted by Crippen LogP contribution is 2.30. The van der Waals surface area contributed by atoms with Crippen LogP contribution in [0.2, 0.25) is 0 Å².